The van der Waals surface area contributed by atoms with E-state index in [2.05, 4.69) is 40.5 Å². The lowest BCUT2D eigenvalue weighted by Gasteiger charge is -2.15. The number of nitrogens with zero attached hydrogens (tertiary/aromatic N) is 2. The van der Waals surface area contributed by atoms with Crippen LogP contribution in [-0.4, -0.2) is 30.1 Å². The molecular formula is C18H31IN4O. The Labute approximate surface area is 163 Å². The monoisotopic (exact) mass is 446 g/mol. The molecule has 0 atom stereocenters. The second-order valence-electron chi connectivity index (χ2n) is 5.97. The van der Waals surface area contributed by atoms with Gasteiger partial charge in [-0.05, 0) is 45.1 Å². The molecule has 24 heavy (non-hydrogen) atoms. The molecule has 0 bridgehead atoms. The van der Waals surface area contributed by atoms with Crippen molar-refractivity contribution in [1.82, 2.24) is 15.6 Å². The van der Waals surface area contributed by atoms with Crippen molar-refractivity contribution in [3.8, 4) is 5.88 Å². The molecule has 0 amide bonds. The third kappa shape index (κ3) is 7.23. The third-order valence-electron chi connectivity index (χ3n) is 4.00. The Bertz CT molecular complexity index is 490. The summed E-state index contributed by atoms with van der Waals surface area (Å²) in [7, 11) is 0. The minimum absolute atomic E-state index is 0. The molecule has 1 saturated carbocycles. The predicted molar refractivity (Wildman–Crippen MR) is 110 cm³/mol. The first kappa shape index (κ1) is 21.0. The fourth-order valence-corrected chi connectivity index (χ4v) is 2.70. The van der Waals surface area contributed by atoms with E-state index >= 15 is 0 Å². The molecule has 1 fully saturated rings. The molecule has 0 aliphatic heterocycles. The van der Waals surface area contributed by atoms with Crippen molar-refractivity contribution in [2.75, 3.05) is 13.1 Å². The van der Waals surface area contributed by atoms with E-state index in [1.54, 1.807) is 6.20 Å². The van der Waals surface area contributed by atoms with Gasteiger partial charge in [0.15, 0.2) is 5.96 Å². The fraction of sp³-hybridized carbons (Fsp3) is 0.667. The molecule has 1 aliphatic rings. The number of hydrogen-bond acceptors (Lipinski definition) is 3. The molecule has 0 spiro atoms. The number of nitrogens with one attached hydrogen (secondary N) is 2. The van der Waals surface area contributed by atoms with Crippen LogP contribution in [0.15, 0.2) is 23.3 Å². The van der Waals surface area contributed by atoms with Crippen molar-refractivity contribution >= 4 is 29.9 Å². The predicted octanol–water partition coefficient (Wildman–Crippen LogP) is 3.88. The first-order valence-corrected chi connectivity index (χ1v) is 8.96. The summed E-state index contributed by atoms with van der Waals surface area (Å²) >= 11 is 0. The Morgan fingerprint density at radius 2 is 2.08 bits per heavy atom. The van der Waals surface area contributed by atoms with E-state index in [4.69, 9.17) is 4.74 Å². The minimum Gasteiger partial charge on any atom is -0.474 e. The van der Waals surface area contributed by atoms with Gasteiger partial charge in [-0.2, -0.15) is 0 Å². The van der Waals surface area contributed by atoms with Gasteiger partial charge in [-0.15, -0.1) is 24.0 Å². The summed E-state index contributed by atoms with van der Waals surface area (Å²) in [5.74, 6) is 1.60. The van der Waals surface area contributed by atoms with Gasteiger partial charge in [-0.1, -0.05) is 19.4 Å². The second kappa shape index (κ2) is 12.3. The van der Waals surface area contributed by atoms with E-state index in [9.17, 15) is 0 Å². The normalized spacial score (nSPS) is 15.0. The summed E-state index contributed by atoms with van der Waals surface area (Å²) in [5.41, 5.74) is 1.05. The highest BCUT2D eigenvalue weighted by atomic mass is 127. The molecule has 0 unspecified atom stereocenters. The number of aromatic nitrogens is 1. The van der Waals surface area contributed by atoms with Gasteiger partial charge < -0.3 is 15.4 Å². The number of aliphatic imine (C=N–C) groups is 1. The summed E-state index contributed by atoms with van der Waals surface area (Å²) in [4.78, 5) is 9.07. The van der Waals surface area contributed by atoms with Crippen LogP contribution in [-0.2, 0) is 6.54 Å². The highest BCUT2D eigenvalue weighted by molar-refractivity contribution is 14.0. The summed E-state index contributed by atoms with van der Waals surface area (Å²) in [6.07, 6.45) is 9.24. The van der Waals surface area contributed by atoms with Gasteiger partial charge in [-0.25, -0.2) is 9.98 Å². The second-order valence-corrected chi connectivity index (χ2v) is 5.97. The van der Waals surface area contributed by atoms with E-state index in [0.717, 1.165) is 49.8 Å². The molecule has 1 aromatic rings. The number of pyridine rings is 1. The molecule has 6 heteroatoms. The maximum atomic E-state index is 6.08. The highest BCUT2D eigenvalue weighted by Gasteiger charge is 2.18. The SMILES string of the molecule is CCCCNC(=NCc1cccnc1OC1CCCC1)NCC.I. The van der Waals surface area contributed by atoms with Crippen LogP contribution < -0.4 is 15.4 Å². The average molecular weight is 446 g/mol. The number of rotatable bonds is 8. The molecule has 0 saturated heterocycles. The summed E-state index contributed by atoms with van der Waals surface area (Å²) < 4.78 is 6.08. The number of guanidine groups is 1. The van der Waals surface area contributed by atoms with Gasteiger partial charge >= 0.3 is 0 Å². The van der Waals surface area contributed by atoms with Crippen molar-refractivity contribution in [1.29, 1.82) is 0 Å². The number of halogens is 1. The lowest BCUT2D eigenvalue weighted by Crippen LogP contribution is -2.37. The number of unbranched alkanes of at least 4 members (excludes halogenated alkanes) is 1. The molecule has 5 nitrogen and oxygen atoms in total. The zero-order chi connectivity index (χ0) is 16.3. The Balaban J connectivity index is 0.00000288. The van der Waals surface area contributed by atoms with Gasteiger partial charge in [0.1, 0.15) is 6.10 Å². The smallest absolute Gasteiger partial charge is 0.218 e. The molecule has 2 rings (SSSR count). The molecule has 136 valence electrons. The van der Waals surface area contributed by atoms with Crippen LogP contribution in [0, 0.1) is 0 Å². The van der Waals surface area contributed by atoms with E-state index in [1.807, 2.05) is 6.07 Å². The van der Waals surface area contributed by atoms with Crippen LogP contribution in [0.1, 0.15) is 57.9 Å². The van der Waals surface area contributed by atoms with E-state index in [1.165, 1.54) is 19.3 Å². The van der Waals surface area contributed by atoms with Gasteiger partial charge in [0.25, 0.3) is 0 Å². The maximum absolute atomic E-state index is 6.08. The zero-order valence-electron chi connectivity index (χ0n) is 14.9. The van der Waals surface area contributed by atoms with Gasteiger partial charge in [0, 0.05) is 24.8 Å². The fourth-order valence-electron chi connectivity index (χ4n) is 2.70. The Morgan fingerprint density at radius 3 is 2.79 bits per heavy atom. The Kier molecular flexibility index (Phi) is 10.8. The van der Waals surface area contributed by atoms with Gasteiger partial charge in [0.2, 0.25) is 5.88 Å². The summed E-state index contributed by atoms with van der Waals surface area (Å²) in [6.45, 7) is 6.65. The first-order chi connectivity index (χ1) is 11.3. The number of ether oxygens (including phenoxy) is 1. The van der Waals surface area contributed by atoms with Crippen LogP contribution in [0.4, 0.5) is 0 Å². The topological polar surface area (TPSA) is 58.5 Å². The van der Waals surface area contributed by atoms with E-state index < -0.39 is 0 Å². The maximum Gasteiger partial charge on any atom is 0.218 e. The van der Waals surface area contributed by atoms with E-state index in [-0.39, 0.29) is 24.0 Å². The van der Waals surface area contributed by atoms with Crippen LogP contribution in [0.25, 0.3) is 0 Å². The van der Waals surface area contributed by atoms with Crippen LogP contribution in [0.3, 0.4) is 0 Å². The largest absolute Gasteiger partial charge is 0.474 e. The lowest BCUT2D eigenvalue weighted by molar-refractivity contribution is 0.199. The molecule has 0 aromatic carbocycles. The zero-order valence-corrected chi connectivity index (χ0v) is 17.2. The van der Waals surface area contributed by atoms with Crippen molar-refractivity contribution in [2.45, 2.75) is 65.0 Å². The Morgan fingerprint density at radius 1 is 1.29 bits per heavy atom. The van der Waals surface area contributed by atoms with Crippen LogP contribution in [0.2, 0.25) is 0 Å². The molecule has 1 aliphatic carbocycles. The summed E-state index contributed by atoms with van der Waals surface area (Å²) in [5, 5.41) is 6.64. The first-order valence-electron chi connectivity index (χ1n) is 8.96. The third-order valence-corrected chi connectivity index (χ3v) is 4.00. The number of hydrogen-bond donors (Lipinski definition) is 2. The molecular weight excluding hydrogens is 415 g/mol. The molecule has 2 N–H and O–H groups in total. The quantitative estimate of drug-likeness (QED) is 0.276. The average Bonchev–Trinajstić information content (AvgIpc) is 3.07. The van der Waals surface area contributed by atoms with Crippen LogP contribution >= 0.6 is 24.0 Å². The van der Waals surface area contributed by atoms with Crippen molar-refractivity contribution < 1.29 is 4.74 Å². The van der Waals surface area contributed by atoms with Crippen molar-refractivity contribution in [2.24, 2.45) is 4.99 Å². The molecule has 1 aromatic heterocycles. The van der Waals surface area contributed by atoms with E-state index in [0.29, 0.717) is 12.6 Å². The lowest BCUT2D eigenvalue weighted by atomic mass is 10.2. The highest BCUT2D eigenvalue weighted by Crippen LogP contribution is 2.25. The summed E-state index contributed by atoms with van der Waals surface area (Å²) in [6, 6.07) is 4.00. The van der Waals surface area contributed by atoms with Crippen molar-refractivity contribution in [3.05, 3.63) is 23.9 Å². The molecule has 0 radical (unpaired) electrons. The molecule has 1 heterocycles. The van der Waals surface area contributed by atoms with Crippen molar-refractivity contribution in [3.63, 3.8) is 0 Å². The minimum atomic E-state index is 0. The van der Waals surface area contributed by atoms with Gasteiger partial charge in [0.05, 0.1) is 6.54 Å². The Hall–Kier alpha value is -1.05. The van der Waals surface area contributed by atoms with Crippen LogP contribution in [0.5, 0.6) is 5.88 Å². The standard InChI is InChI=1S/C18H30N4O.HI/c1-3-5-12-21-18(19-4-2)22-14-15-9-8-13-20-17(15)23-16-10-6-7-11-16;/h8-9,13,16H,3-7,10-12,14H2,1-2H3,(H2,19,21,22);1H. The van der Waals surface area contributed by atoms with Gasteiger partial charge in [-0.3, -0.25) is 0 Å².